The molecule has 0 saturated heterocycles. The second-order valence-electron chi connectivity index (χ2n) is 21.0. The summed E-state index contributed by atoms with van der Waals surface area (Å²) in [6.07, 6.45) is 5.97. The number of carbonyl (C=O) groups is 3. The van der Waals surface area contributed by atoms with Crippen LogP contribution in [0.25, 0.3) is 11.4 Å². The molecule has 0 bridgehead atoms. The highest BCUT2D eigenvalue weighted by molar-refractivity contribution is 6.99. The molecule has 69 heavy (non-hydrogen) atoms. The number of rotatable bonds is 22. The van der Waals surface area contributed by atoms with Crippen LogP contribution in [0.3, 0.4) is 0 Å². The summed E-state index contributed by atoms with van der Waals surface area (Å²) < 4.78 is 22.1. The molecule has 0 aliphatic carbocycles. The average Bonchev–Trinajstić information content (AvgIpc) is 3.76. The predicted octanol–water partition coefficient (Wildman–Crippen LogP) is 10.5. The van der Waals surface area contributed by atoms with Crippen molar-refractivity contribution in [3.8, 4) is 11.4 Å². The van der Waals surface area contributed by atoms with Crippen molar-refractivity contribution in [2.24, 2.45) is 0 Å². The van der Waals surface area contributed by atoms with Crippen molar-refractivity contribution in [2.45, 2.75) is 130 Å². The molecule has 1 N–H and O–H groups in total. The van der Waals surface area contributed by atoms with E-state index in [2.05, 4.69) is 123 Å². The minimum atomic E-state index is -2.78. The second-order valence-corrected chi connectivity index (χ2v) is 30.1. The highest BCUT2D eigenvalue weighted by atomic mass is 28.4. The zero-order valence-electron chi connectivity index (χ0n) is 42.8. The van der Waals surface area contributed by atoms with Crippen molar-refractivity contribution in [3.63, 3.8) is 0 Å². The molecule has 6 rings (SSSR count). The van der Waals surface area contributed by atoms with Crippen LogP contribution in [0.5, 0.6) is 0 Å². The highest BCUT2D eigenvalue weighted by Gasteiger charge is 2.50. The summed E-state index contributed by atoms with van der Waals surface area (Å²) >= 11 is 0. The van der Waals surface area contributed by atoms with Crippen molar-refractivity contribution in [1.29, 1.82) is 0 Å². The summed E-state index contributed by atoms with van der Waals surface area (Å²) in [7, 11) is -4.99. The molecule has 0 saturated carbocycles. The van der Waals surface area contributed by atoms with Crippen molar-refractivity contribution in [2.75, 3.05) is 39.5 Å². The predicted molar refractivity (Wildman–Crippen MR) is 282 cm³/mol. The monoisotopic (exact) mass is 973 g/mol. The largest absolute Gasteiger partial charge is 0.478 e. The molecule has 0 spiro atoms. The number of fused-ring (bicyclic) bond motifs is 1. The summed E-state index contributed by atoms with van der Waals surface area (Å²) in [5, 5.41) is 12.5. The van der Waals surface area contributed by atoms with Gasteiger partial charge in [0.15, 0.2) is 8.32 Å². The number of hydrogen-bond acceptors (Lipinski definition) is 7. The Hall–Kier alpha value is -5.19. The first-order chi connectivity index (χ1) is 32.8. The fourth-order valence-corrected chi connectivity index (χ4v) is 14.6. The number of imidazole rings is 1. The Kier molecular flexibility index (Phi) is 17.8. The average molecular weight is 973 g/mol. The van der Waals surface area contributed by atoms with E-state index < -0.39 is 22.6 Å². The number of benzene rings is 4. The van der Waals surface area contributed by atoms with Crippen LogP contribution in [0.2, 0.25) is 23.2 Å². The van der Waals surface area contributed by atoms with E-state index in [1.165, 1.54) is 22.5 Å². The fourth-order valence-electron chi connectivity index (χ4n) is 9.06. The van der Waals surface area contributed by atoms with Gasteiger partial charge in [-0.05, 0) is 82.1 Å². The Labute approximate surface area is 413 Å². The van der Waals surface area contributed by atoms with E-state index in [4.69, 9.17) is 18.6 Å². The van der Waals surface area contributed by atoms with E-state index in [1.54, 1.807) is 12.3 Å². The molecule has 5 aromatic rings. The van der Waals surface area contributed by atoms with Crippen LogP contribution in [-0.4, -0.2) is 104 Å². The molecule has 2 heterocycles. The van der Waals surface area contributed by atoms with Crippen molar-refractivity contribution >= 4 is 44.8 Å². The van der Waals surface area contributed by atoms with Crippen LogP contribution in [0, 0.1) is 0 Å². The lowest BCUT2D eigenvalue weighted by atomic mass is 9.92. The molecule has 2 amide bonds. The van der Waals surface area contributed by atoms with Crippen molar-refractivity contribution in [1.82, 2.24) is 19.4 Å². The van der Waals surface area contributed by atoms with Gasteiger partial charge in [0.05, 0.1) is 43.6 Å². The lowest BCUT2D eigenvalue weighted by Gasteiger charge is -2.43. The molecule has 1 atom stereocenters. The summed E-state index contributed by atoms with van der Waals surface area (Å²) in [6, 6.07) is 33.5. The second kappa shape index (κ2) is 23.2. The van der Waals surface area contributed by atoms with Gasteiger partial charge in [0, 0.05) is 37.9 Å². The molecule has 0 fully saturated rings. The van der Waals surface area contributed by atoms with E-state index in [1.807, 2.05) is 44.7 Å². The number of ether oxygens (including phenoxy) is 1. The third kappa shape index (κ3) is 12.4. The van der Waals surface area contributed by atoms with Gasteiger partial charge in [0.25, 0.3) is 20.1 Å². The van der Waals surface area contributed by atoms with E-state index >= 15 is 4.79 Å². The molecule has 11 nitrogen and oxygen atoms in total. The maximum atomic E-state index is 15.3. The van der Waals surface area contributed by atoms with Gasteiger partial charge in [0.2, 0.25) is 0 Å². The summed E-state index contributed by atoms with van der Waals surface area (Å²) in [5.74, 6) is -1.25. The number of hydrogen-bond donors (Lipinski definition) is 1. The molecule has 1 unspecified atom stereocenters. The number of aromatic carboxylic acids is 1. The molecular formula is C56H76N4O7Si2. The maximum absolute atomic E-state index is 15.3. The quantitative estimate of drug-likeness (QED) is 0.0537. The lowest BCUT2D eigenvalue weighted by molar-refractivity contribution is 0.0555. The van der Waals surface area contributed by atoms with Gasteiger partial charge in [0.1, 0.15) is 11.5 Å². The molecule has 1 aliphatic rings. The van der Waals surface area contributed by atoms with Crippen molar-refractivity contribution < 1.29 is 33.1 Å². The van der Waals surface area contributed by atoms with Crippen LogP contribution in [-0.2, 0) is 33.1 Å². The Bertz CT molecular complexity index is 2450. The molecular weight excluding hydrogens is 897 g/mol. The van der Waals surface area contributed by atoms with Gasteiger partial charge in [-0.3, -0.25) is 9.59 Å². The maximum Gasteiger partial charge on any atom is 0.335 e. The first-order valence-electron chi connectivity index (χ1n) is 24.9. The SMILES string of the molecule is CCCCN(CCCC)C(=O)c1cn(CCOCCO[Si](c2ccccc2)(c2ccccc2)C(C)(C)C)c(-c2ccc(C(=O)O)cc2C(=O)N2Cc3ccccc3CC2CO[Si](C)(C)C(C)(C)C)n1. The van der Waals surface area contributed by atoms with Crippen molar-refractivity contribution in [3.05, 3.63) is 137 Å². The molecule has 4 aromatic carbocycles. The van der Waals surface area contributed by atoms with Gasteiger partial charge < -0.3 is 33.1 Å². The highest BCUT2D eigenvalue weighted by Crippen LogP contribution is 2.39. The molecule has 1 aromatic heterocycles. The number of carbonyl (C=O) groups excluding carboxylic acids is 2. The smallest absolute Gasteiger partial charge is 0.335 e. The Morgan fingerprint density at radius 3 is 1.91 bits per heavy atom. The van der Waals surface area contributed by atoms with E-state index in [9.17, 15) is 14.7 Å². The number of unbranched alkanes of at least 4 members (excludes halogenated alkanes) is 2. The topological polar surface area (TPSA) is 123 Å². The Balaban J connectivity index is 1.34. The fraction of sp³-hybridized carbons (Fsp3) is 0.464. The Morgan fingerprint density at radius 2 is 1.35 bits per heavy atom. The van der Waals surface area contributed by atoms with Gasteiger partial charge in [-0.2, -0.15) is 0 Å². The minimum absolute atomic E-state index is 0.0162. The Morgan fingerprint density at radius 1 is 0.754 bits per heavy atom. The van der Waals surface area contributed by atoms with E-state index in [-0.39, 0.29) is 51.4 Å². The van der Waals surface area contributed by atoms with Crippen LogP contribution < -0.4 is 10.4 Å². The molecule has 13 heteroatoms. The zero-order chi connectivity index (χ0) is 50.0. The van der Waals surface area contributed by atoms with E-state index in [0.29, 0.717) is 63.8 Å². The van der Waals surface area contributed by atoms with Gasteiger partial charge in [-0.25, -0.2) is 9.78 Å². The summed E-state index contributed by atoms with van der Waals surface area (Å²) in [5.41, 5.74) is 3.09. The third-order valence-electron chi connectivity index (χ3n) is 14.1. The van der Waals surface area contributed by atoms with Crippen LogP contribution in [0.1, 0.15) is 123 Å². The number of carboxylic acid groups (broad SMARTS) is 1. The lowest BCUT2D eigenvalue weighted by Crippen LogP contribution is -2.66. The number of amides is 2. The number of nitrogens with zero attached hydrogens (tertiary/aromatic N) is 4. The van der Waals surface area contributed by atoms with Crippen LogP contribution in [0.15, 0.2) is 109 Å². The third-order valence-corrected chi connectivity index (χ3v) is 23.6. The van der Waals surface area contributed by atoms with Crippen LogP contribution in [0.4, 0.5) is 0 Å². The standard InChI is InChI=1S/C56H76N4O7Si2/c1-11-13-31-58(32-14-12-2)53(62)50-40-59(33-34-65-35-36-66-69(56(6,7)8,46-25-17-15-18-26-46)47-27-19-16-20-28-47)51(57-50)48-30-29-43(54(63)64)38-49(48)52(61)60-39-44-24-22-21-23-42(44)37-45(60)41-67-68(9,10)55(3,4)5/h15-30,38,40,45H,11-14,31-37,39,41H2,1-10H3,(H,63,64). The molecule has 370 valence electrons. The minimum Gasteiger partial charge on any atom is -0.478 e. The van der Waals surface area contributed by atoms with Gasteiger partial charge in [-0.15, -0.1) is 0 Å². The summed E-state index contributed by atoms with van der Waals surface area (Å²) in [6.45, 7) is 25.2. The number of aromatic nitrogens is 2. The normalized spacial score (nSPS) is 14.4. The first-order valence-corrected chi connectivity index (χ1v) is 29.7. The van der Waals surface area contributed by atoms with E-state index in [0.717, 1.165) is 36.8 Å². The van der Waals surface area contributed by atoms with Crippen LogP contribution >= 0.6 is 0 Å². The zero-order valence-corrected chi connectivity index (χ0v) is 44.8. The molecule has 1 aliphatic heterocycles. The summed E-state index contributed by atoms with van der Waals surface area (Å²) in [4.78, 5) is 51.1. The first kappa shape index (κ1) is 53.2. The van der Waals surface area contributed by atoms with Gasteiger partial charge in [-0.1, -0.05) is 153 Å². The van der Waals surface area contributed by atoms with Gasteiger partial charge >= 0.3 is 5.97 Å². The molecule has 0 radical (unpaired) electrons. The number of carboxylic acids is 1.